The van der Waals surface area contributed by atoms with Crippen LogP contribution in [0, 0.1) is 0 Å². The summed E-state index contributed by atoms with van der Waals surface area (Å²) in [6, 6.07) is 17.0. The Hall–Kier alpha value is -2.13. The summed E-state index contributed by atoms with van der Waals surface area (Å²) in [6.45, 7) is 6.18. The summed E-state index contributed by atoms with van der Waals surface area (Å²) in [5.74, 6) is -0.228. The normalized spacial score (nSPS) is 12.0. The van der Waals surface area contributed by atoms with Crippen LogP contribution in [0.4, 0.5) is 5.69 Å². The molecular formula is C19H23NO2. The number of carbonyl (C=O) groups is 1. The van der Waals surface area contributed by atoms with Gasteiger partial charge in [0.05, 0.1) is 0 Å². The van der Waals surface area contributed by atoms with Gasteiger partial charge < -0.3 is 10.0 Å². The molecular weight excluding hydrogens is 274 g/mol. The summed E-state index contributed by atoms with van der Waals surface area (Å²) in [7, 11) is 0. The molecule has 0 amide bonds. The second kappa shape index (κ2) is 7.76. The highest BCUT2D eigenvalue weighted by molar-refractivity contribution is 5.99. The molecule has 0 saturated heterocycles. The highest BCUT2D eigenvalue weighted by Crippen LogP contribution is 2.16. The van der Waals surface area contributed by atoms with Gasteiger partial charge in [0.25, 0.3) is 0 Å². The predicted molar refractivity (Wildman–Crippen MR) is 90.5 cm³/mol. The van der Waals surface area contributed by atoms with Crippen molar-refractivity contribution in [1.82, 2.24) is 0 Å². The number of rotatable bonds is 7. The Kier molecular flexibility index (Phi) is 5.73. The number of Topliss-reactive ketones (excluding diaryl/α,β-unsaturated/α-hetero) is 1. The van der Waals surface area contributed by atoms with Gasteiger partial charge in [-0.15, -0.1) is 0 Å². The molecule has 0 heterocycles. The molecule has 0 aliphatic heterocycles. The van der Waals surface area contributed by atoms with Crippen molar-refractivity contribution in [3.05, 3.63) is 65.7 Å². The Morgan fingerprint density at radius 1 is 1.00 bits per heavy atom. The predicted octanol–water partition coefficient (Wildman–Crippen LogP) is 3.32. The molecule has 1 atom stereocenters. The SMILES string of the molecule is CCN(CC)c1ccc(CC(O)C(=O)c2ccccc2)cc1. The van der Waals surface area contributed by atoms with Gasteiger partial charge in [-0.25, -0.2) is 0 Å². The van der Waals surface area contributed by atoms with E-state index in [1.807, 2.05) is 30.3 Å². The minimum atomic E-state index is -0.998. The van der Waals surface area contributed by atoms with Crippen LogP contribution in [0.3, 0.4) is 0 Å². The summed E-state index contributed by atoms with van der Waals surface area (Å²) in [5.41, 5.74) is 2.68. The molecule has 3 heteroatoms. The Morgan fingerprint density at radius 3 is 2.14 bits per heavy atom. The maximum absolute atomic E-state index is 12.2. The Balaban J connectivity index is 2.03. The number of ketones is 1. The lowest BCUT2D eigenvalue weighted by molar-refractivity contribution is 0.0748. The highest BCUT2D eigenvalue weighted by atomic mass is 16.3. The number of aliphatic hydroxyl groups is 1. The van der Waals surface area contributed by atoms with E-state index in [1.165, 1.54) is 0 Å². The zero-order valence-electron chi connectivity index (χ0n) is 13.2. The molecule has 3 nitrogen and oxygen atoms in total. The van der Waals surface area contributed by atoms with Gasteiger partial charge in [0.2, 0.25) is 0 Å². The lowest BCUT2D eigenvalue weighted by atomic mass is 10.00. The number of anilines is 1. The Labute approximate surface area is 132 Å². The molecule has 1 unspecified atom stereocenters. The van der Waals surface area contributed by atoms with E-state index in [1.54, 1.807) is 24.3 Å². The van der Waals surface area contributed by atoms with Crippen molar-refractivity contribution in [2.75, 3.05) is 18.0 Å². The molecule has 0 saturated carbocycles. The number of benzene rings is 2. The van der Waals surface area contributed by atoms with Crippen molar-refractivity contribution < 1.29 is 9.90 Å². The maximum atomic E-state index is 12.2. The average Bonchev–Trinajstić information content (AvgIpc) is 2.57. The van der Waals surface area contributed by atoms with E-state index in [0.29, 0.717) is 12.0 Å². The first kappa shape index (κ1) is 16.2. The summed E-state index contributed by atoms with van der Waals surface area (Å²) >= 11 is 0. The fourth-order valence-corrected chi connectivity index (χ4v) is 2.54. The quantitative estimate of drug-likeness (QED) is 0.797. The Morgan fingerprint density at radius 2 is 1.59 bits per heavy atom. The smallest absolute Gasteiger partial charge is 0.191 e. The molecule has 0 spiro atoms. The van der Waals surface area contributed by atoms with Crippen LogP contribution in [0.1, 0.15) is 29.8 Å². The third kappa shape index (κ3) is 3.95. The minimum Gasteiger partial charge on any atom is -0.385 e. The van der Waals surface area contributed by atoms with Crippen LogP contribution in [-0.2, 0) is 6.42 Å². The van der Waals surface area contributed by atoms with Crippen molar-refractivity contribution in [2.45, 2.75) is 26.4 Å². The van der Waals surface area contributed by atoms with Crippen LogP contribution in [0.5, 0.6) is 0 Å². The highest BCUT2D eigenvalue weighted by Gasteiger charge is 2.17. The topological polar surface area (TPSA) is 40.5 Å². The van der Waals surface area contributed by atoms with Crippen LogP contribution >= 0.6 is 0 Å². The number of nitrogens with zero attached hydrogens (tertiary/aromatic N) is 1. The van der Waals surface area contributed by atoms with Gasteiger partial charge in [0.1, 0.15) is 6.10 Å². The second-order valence-corrected chi connectivity index (χ2v) is 5.29. The van der Waals surface area contributed by atoms with Crippen molar-refractivity contribution in [2.24, 2.45) is 0 Å². The summed E-state index contributed by atoms with van der Waals surface area (Å²) in [4.78, 5) is 14.4. The molecule has 1 N–H and O–H groups in total. The van der Waals surface area contributed by atoms with Gasteiger partial charge in [-0.1, -0.05) is 42.5 Å². The monoisotopic (exact) mass is 297 g/mol. The first-order chi connectivity index (χ1) is 10.7. The van der Waals surface area contributed by atoms with Gasteiger partial charge in [-0.2, -0.15) is 0 Å². The van der Waals surface area contributed by atoms with E-state index in [-0.39, 0.29) is 5.78 Å². The van der Waals surface area contributed by atoms with E-state index in [2.05, 4.69) is 18.7 Å². The van der Waals surface area contributed by atoms with Crippen molar-refractivity contribution in [3.8, 4) is 0 Å². The molecule has 0 radical (unpaired) electrons. The van der Waals surface area contributed by atoms with Crippen molar-refractivity contribution in [1.29, 1.82) is 0 Å². The minimum absolute atomic E-state index is 0.228. The van der Waals surface area contributed by atoms with Crippen LogP contribution in [0.25, 0.3) is 0 Å². The fraction of sp³-hybridized carbons (Fsp3) is 0.316. The van der Waals surface area contributed by atoms with Gasteiger partial charge in [-0.05, 0) is 31.5 Å². The van der Waals surface area contributed by atoms with E-state index < -0.39 is 6.10 Å². The van der Waals surface area contributed by atoms with Crippen molar-refractivity contribution >= 4 is 11.5 Å². The molecule has 2 aromatic carbocycles. The van der Waals surface area contributed by atoms with Crippen LogP contribution in [0.2, 0.25) is 0 Å². The second-order valence-electron chi connectivity index (χ2n) is 5.29. The summed E-state index contributed by atoms with van der Waals surface area (Å²) in [6.07, 6.45) is -0.659. The molecule has 0 aliphatic rings. The molecule has 0 aromatic heterocycles. The summed E-state index contributed by atoms with van der Waals surface area (Å²) < 4.78 is 0. The van der Waals surface area contributed by atoms with Gasteiger partial charge >= 0.3 is 0 Å². The fourth-order valence-electron chi connectivity index (χ4n) is 2.54. The molecule has 0 bridgehead atoms. The van der Waals surface area contributed by atoms with E-state index in [0.717, 1.165) is 24.3 Å². The molecule has 0 fully saturated rings. The number of hydrogen-bond acceptors (Lipinski definition) is 3. The maximum Gasteiger partial charge on any atom is 0.191 e. The summed E-state index contributed by atoms with van der Waals surface area (Å²) in [5, 5.41) is 10.1. The van der Waals surface area contributed by atoms with Crippen LogP contribution in [-0.4, -0.2) is 30.1 Å². The zero-order chi connectivity index (χ0) is 15.9. The lowest BCUT2D eigenvalue weighted by Gasteiger charge is -2.21. The average molecular weight is 297 g/mol. The third-order valence-electron chi connectivity index (χ3n) is 3.85. The first-order valence-electron chi connectivity index (χ1n) is 7.77. The number of hydrogen-bond donors (Lipinski definition) is 1. The molecule has 116 valence electrons. The van der Waals surface area contributed by atoms with E-state index in [4.69, 9.17) is 0 Å². The third-order valence-corrected chi connectivity index (χ3v) is 3.85. The molecule has 2 rings (SSSR count). The molecule has 22 heavy (non-hydrogen) atoms. The lowest BCUT2D eigenvalue weighted by Crippen LogP contribution is -2.23. The van der Waals surface area contributed by atoms with Gasteiger partial charge in [-0.3, -0.25) is 4.79 Å². The first-order valence-corrected chi connectivity index (χ1v) is 7.77. The van der Waals surface area contributed by atoms with E-state index >= 15 is 0 Å². The number of aliphatic hydroxyl groups excluding tert-OH is 1. The van der Waals surface area contributed by atoms with Gasteiger partial charge in [0, 0.05) is 30.8 Å². The standard InChI is InChI=1S/C19H23NO2/c1-3-20(4-2)17-12-10-15(11-13-17)14-18(21)19(22)16-8-6-5-7-9-16/h5-13,18,21H,3-4,14H2,1-2H3. The van der Waals surface area contributed by atoms with Gasteiger partial charge in [0.15, 0.2) is 5.78 Å². The van der Waals surface area contributed by atoms with E-state index in [9.17, 15) is 9.90 Å². The van der Waals surface area contributed by atoms with Crippen LogP contribution < -0.4 is 4.90 Å². The molecule has 0 aliphatic carbocycles. The largest absolute Gasteiger partial charge is 0.385 e. The number of carbonyl (C=O) groups excluding carboxylic acids is 1. The molecule has 2 aromatic rings. The van der Waals surface area contributed by atoms with Crippen LogP contribution in [0.15, 0.2) is 54.6 Å². The van der Waals surface area contributed by atoms with Crippen molar-refractivity contribution in [3.63, 3.8) is 0 Å². The zero-order valence-corrected chi connectivity index (χ0v) is 13.2. The Bertz CT molecular complexity index is 589.